The summed E-state index contributed by atoms with van der Waals surface area (Å²) in [4.78, 5) is 0. The number of aliphatic hydroxyl groups excluding tert-OH is 1. The number of nitrogens with zero attached hydrogens (tertiary/aromatic N) is 2. The van der Waals surface area contributed by atoms with E-state index in [4.69, 9.17) is 9.84 Å². The highest BCUT2D eigenvalue weighted by Gasteiger charge is 1.99. The van der Waals surface area contributed by atoms with E-state index in [2.05, 4.69) is 22.0 Å². The SMILES string of the molecule is OCCC#Cc1cccc(OCCSc2nncs2)c1. The van der Waals surface area contributed by atoms with Crippen LogP contribution in [-0.2, 0) is 0 Å². The van der Waals surface area contributed by atoms with E-state index in [-0.39, 0.29) is 6.61 Å². The molecule has 0 unspecified atom stereocenters. The molecule has 0 atom stereocenters. The van der Waals surface area contributed by atoms with E-state index in [9.17, 15) is 0 Å². The molecule has 0 bridgehead atoms. The number of aliphatic hydroxyl groups is 1. The lowest BCUT2D eigenvalue weighted by molar-refractivity contribution is 0.305. The van der Waals surface area contributed by atoms with Gasteiger partial charge >= 0.3 is 0 Å². The van der Waals surface area contributed by atoms with Crippen molar-refractivity contribution in [1.29, 1.82) is 0 Å². The Morgan fingerprint density at radius 3 is 3.15 bits per heavy atom. The average Bonchev–Trinajstić information content (AvgIpc) is 2.98. The van der Waals surface area contributed by atoms with Crippen LogP contribution in [-0.4, -0.2) is 34.3 Å². The van der Waals surface area contributed by atoms with Crippen LogP contribution < -0.4 is 4.74 Å². The maximum atomic E-state index is 8.68. The second-order valence-corrected chi connectivity index (χ2v) is 5.88. The number of aromatic nitrogens is 2. The molecule has 0 saturated carbocycles. The van der Waals surface area contributed by atoms with E-state index in [1.165, 1.54) is 11.3 Å². The lowest BCUT2D eigenvalue weighted by Gasteiger charge is -2.05. The molecule has 0 amide bonds. The zero-order valence-electron chi connectivity index (χ0n) is 10.8. The van der Waals surface area contributed by atoms with Crippen LogP contribution >= 0.6 is 23.1 Å². The van der Waals surface area contributed by atoms with Crippen LogP contribution in [0.2, 0.25) is 0 Å². The minimum absolute atomic E-state index is 0.0893. The molecule has 2 rings (SSSR count). The van der Waals surface area contributed by atoms with Crippen LogP contribution in [0.5, 0.6) is 5.75 Å². The van der Waals surface area contributed by atoms with Gasteiger partial charge in [0.1, 0.15) is 11.3 Å². The molecule has 1 N–H and O–H groups in total. The number of rotatable bonds is 6. The van der Waals surface area contributed by atoms with E-state index >= 15 is 0 Å². The molecule has 2 aromatic rings. The quantitative estimate of drug-likeness (QED) is 0.505. The van der Waals surface area contributed by atoms with E-state index < -0.39 is 0 Å². The molecule has 1 aromatic heterocycles. The minimum Gasteiger partial charge on any atom is -0.493 e. The maximum absolute atomic E-state index is 8.68. The summed E-state index contributed by atoms with van der Waals surface area (Å²) in [5.74, 6) is 7.51. The molecule has 0 aliphatic heterocycles. The first-order valence-corrected chi connectivity index (χ1v) is 7.96. The van der Waals surface area contributed by atoms with Gasteiger partial charge in [-0.2, -0.15) is 0 Å². The summed E-state index contributed by atoms with van der Waals surface area (Å²) in [5.41, 5.74) is 2.62. The molecule has 4 nitrogen and oxygen atoms in total. The predicted octanol–water partition coefficient (Wildman–Crippen LogP) is 2.44. The van der Waals surface area contributed by atoms with Gasteiger partial charge in [-0.1, -0.05) is 41.0 Å². The van der Waals surface area contributed by atoms with Gasteiger partial charge in [0.15, 0.2) is 4.34 Å². The second kappa shape index (κ2) is 8.59. The number of thioether (sulfide) groups is 1. The van der Waals surface area contributed by atoms with E-state index in [0.29, 0.717) is 13.0 Å². The average molecular weight is 306 g/mol. The van der Waals surface area contributed by atoms with Gasteiger partial charge in [0.2, 0.25) is 0 Å². The number of ether oxygens (including phenoxy) is 1. The Balaban J connectivity index is 1.78. The van der Waals surface area contributed by atoms with Crippen molar-refractivity contribution < 1.29 is 9.84 Å². The molecule has 1 heterocycles. The number of hydrogen-bond acceptors (Lipinski definition) is 6. The van der Waals surface area contributed by atoms with Crippen LogP contribution in [0.4, 0.5) is 0 Å². The summed E-state index contributed by atoms with van der Waals surface area (Å²) in [6, 6.07) is 7.65. The molecular formula is C14H14N2O2S2. The zero-order chi connectivity index (χ0) is 14.0. The number of benzene rings is 1. The van der Waals surface area contributed by atoms with E-state index in [0.717, 1.165) is 21.4 Å². The Labute approximate surface area is 126 Å². The Kier molecular flexibility index (Phi) is 6.38. The molecule has 0 saturated heterocycles. The first-order chi connectivity index (χ1) is 9.88. The highest BCUT2D eigenvalue weighted by Crippen LogP contribution is 2.19. The normalized spacial score (nSPS) is 9.85. The third-order valence-electron chi connectivity index (χ3n) is 2.22. The molecule has 1 aromatic carbocycles. The fourth-order valence-electron chi connectivity index (χ4n) is 1.40. The summed E-state index contributed by atoms with van der Waals surface area (Å²) in [6.07, 6.45) is 0.490. The Bertz CT molecular complexity index is 576. The summed E-state index contributed by atoms with van der Waals surface area (Å²) in [6.45, 7) is 0.698. The van der Waals surface area contributed by atoms with Crippen molar-refractivity contribution in [2.75, 3.05) is 19.0 Å². The molecular weight excluding hydrogens is 292 g/mol. The van der Waals surface area contributed by atoms with Gasteiger partial charge in [0.25, 0.3) is 0 Å². The molecule has 0 fully saturated rings. The standard InChI is InChI=1S/C14H14N2O2S2/c17-7-2-1-4-12-5-3-6-13(10-12)18-8-9-19-14-16-15-11-20-14/h3,5-6,10-11,17H,2,7-9H2. The van der Waals surface area contributed by atoms with Gasteiger partial charge in [0.05, 0.1) is 13.2 Å². The highest BCUT2D eigenvalue weighted by atomic mass is 32.2. The first-order valence-electron chi connectivity index (χ1n) is 6.10. The van der Waals surface area contributed by atoms with Crippen LogP contribution in [0, 0.1) is 11.8 Å². The third-order valence-corrected chi connectivity index (χ3v) is 4.05. The molecule has 6 heteroatoms. The fourth-order valence-corrected chi connectivity index (χ4v) is 2.77. The number of hydrogen-bond donors (Lipinski definition) is 1. The van der Waals surface area contributed by atoms with Crippen LogP contribution in [0.25, 0.3) is 0 Å². The molecule has 20 heavy (non-hydrogen) atoms. The summed E-state index contributed by atoms with van der Waals surface area (Å²) in [7, 11) is 0. The van der Waals surface area contributed by atoms with Gasteiger partial charge in [-0.25, -0.2) is 0 Å². The van der Waals surface area contributed by atoms with Crippen molar-refractivity contribution in [2.24, 2.45) is 0 Å². The lowest BCUT2D eigenvalue weighted by atomic mass is 10.2. The Morgan fingerprint density at radius 1 is 1.40 bits per heavy atom. The summed E-state index contributed by atoms with van der Waals surface area (Å²) < 4.78 is 6.63. The highest BCUT2D eigenvalue weighted by molar-refractivity contribution is 8.01. The van der Waals surface area contributed by atoms with Crippen molar-refractivity contribution in [3.63, 3.8) is 0 Å². The van der Waals surface area contributed by atoms with Crippen LogP contribution in [0.3, 0.4) is 0 Å². The smallest absolute Gasteiger partial charge is 0.174 e. The monoisotopic (exact) mass is 306 g/mol. The van der Waals surface area contributed by atoms with Crippen molar-refractivity contribution in [1.82, 2.24) is 10.2 Å². The van der Waals surface area contributed by atoms with Gasteiger partial charge in [0, 0.05) is 17.7 Å². The van der Waals surface area contributed by atoms with Crippen molar-refractivity contribution in [3.05, 3.63) is 35.3 Å². The van der Waals surface area contributed by atoms with Crippen LogP contribution in [0.15, 0.2) is 34.1 Å². The lowest BCUT2D eigenvalue weighted by Crippen LogP contribution is -2.00. The van der Waals surface area contributed by atoms with Gasteiger partial charge in [-0.3, -0.25) is 0 Å². The summed E-state index contributed by atoms with van der Waals surface area (Å²) in [5, 5.41) is 16.4. The van der Waals surface area contributed by atoms with E-state index in [1.807, 2.05) is 24.3 Å². The predicted molar refractivity (Wildman–Crippen MR) is 81.2 cm³/mol. The second-order valence-electron chi connectivity index (χ2n) is 3.70. The first kappa shape index (κ1) is 14.9. The zero-order valence-corrected chi connectivity index (χ0v) is 12.4. The van der Waals surface area contributed by atoms with Gasteiger partial charge < -0.3 is 9.84 Å². The van der Waals surface area contributed by atoms with Gasteiger partial charge in [-0.05, 0) is 18.2 Å². The molecule has 0 spiro atoms. The third kappa shape index (κ3) is 5.21. The van der Waals surface area contributed by atoms with E-state index in [1.54, 1.807) is 17.3 Å². The van der Waals surface area contributed by atoms with Crippen molar-refractivity contribution >= 4 is 23.1 Å². The van der Waals surface area contributed by atoms with Crippen molar-refractivity contribution in [2.45, 2.75) is 10.8 Å². The molecule has 0 radical (unpaired) electrons. The largest absolute Gasteiger partial charge is 0.493 e. The molecule has 104 valence electrons. The Morgan fingerprint density at radius 2 is 2.35 bits per heavy atom. The summed E-state index contributed by atoms with van der Waals surface area (Å²) >= 11 is 3.16. The Hall–Kier alpha value is -1.55. The van der Waals surface area contributed by atoms with Gasteiger partial charge in [-0.15, -0.1) is 10.2 Å². The maximum Gasteiger partial charge on any atom is 0.174 e. The molecule has 0 aliphatic rings. The van der Waals surface area contributed by atoms with Crippen LogP contribution in [0.1, 0.15) is 12.0 Å². The van der Waals surface area contributed by atoms with Crippen molar-refractivity contribution in [3.8, 4) is 17.6 Å². The topological polar surface area (TPSA) is 55.2 Å². The minimum atomic E-state index is 0.0893. The molecule has 0 aliphatic carbocycles. The fraction of sp³-hybridized carbons (Fsp3) is 0.286.